The van der Waals surface area contributed by atoms with E-state index in [1.807, 2.05) is 0 Å². The van der Waals surface area contributed by atoms with Gasteiger partial charge in [0.2, 0.25) is 5.95 Å². The molecule has 110 valence electrons. The predicted molar refractivity (Wildman–Crippen MR) is 88.5 cm³/mol. The Balaban J connectivity index is 2.42. The zero-order valence-electron chi connectivity index (χ0n) is 12.8. The average molecular weight is 292 g/mol. The minimum absolute atomic E-state index is 0.373. The second-order valence-corrected chi connectivity index (χ2v) is 6.44. The lowest BCUT2D eigenvalue weighted by Crippen LogP contribution is -2.30. The molecule has 0 radical (unpaired) electrons. The molecule has 2 aromatic rings. The molecule has 0 spiro atoms. The summed E-state index contributed by atoms with van der Waals surface area (Å²) in [5, 5.41) is 1.13. The van der Waals surface area contributed by atoms with Gasteiger partial charge in [-0.3, -0.25) is 0 Å². The van der Waals surface area contributed by atoms with Gasteiger partial charge in [-0.15, -0.1) is 11.3 Å². The van der Waals surface area contributed by atoms with Gasteiger partial charge in [-0.05, 0) is 25.8 Å². The first-order chi connectivity index (χ1) is 9.58. The van der Waals surface area contributed by atoms with Crippen LogP contribution >= 0.6 is 11.3 Å². The highest BCUT2D eigenvalue weighted by Crippen LogP contribution is 2.31. The average Bonchev–Trinajstić information content (AvgIpc) is 2.79. The highest BCUT2D eigenvalue weighted by molar-refractivity contribution is 7.18. The molecule has 5 heteroatoms. The van der Waals surface area contributed by atoms with Gasteiger partial charge in [-0.25, -0.2) is 4.98 Å². The molecule has 2 rings (SSSR count). The van der Waals surface area contributed by atoms with E-state index >= 15 is 0 Å². The monoisotopic (exact) mass is 292 g/mol. The van der Waals surface area contributed by atoms with E-state index in [0.717, 1.165) is 29.1 Å². The number of aryl methyl sites for hydroxylation is 1. The number of fused-ring (bicyclic) bond motifs is 1. The molecule has 0 aliphatic rings. The molecule has 0 saturated carbocycles. The Hall–Kier alpha value is -1.36. The van der Waals surface area contributed by atoms with Crippen molar-refractivity contribution in [3.8, 4) is 0 Å². The minimum atomic E-state index is 0.373. The van der Waals surface area contributed by atoms with Gasteiger partial charge >= 0.3 is 0 Å². The standard InChI is InChI=1S/C15H24N4S/c1-5-11(6-2)9-19(7-3)13-12-8-10(4)20-14(12)18-15(16)17-13/h8,11H,5-7,9H2,1-4H3,(H2,16,17,18). The highest BCUT2D eigenvalue weighted by Gasteiger charge is 2.17. The topological polar surface area (TPSA) is 55.0 Å². The van der Waals surface area contributed by atoms with Gasteiger partial charge in [0.25, 0.3) is 0 Å². The number of rotatable bonds is 6. The zero-order valence-corrected chi connectivity index (χ0v) is 13.6. The highest BCUT2D eigenvalue weighted by atomic mass is 32.1. The Morgan fingerprint density at radius 2 is 1.95 bits per heavy atom. The van der Waals surface area contributed by atoms with Crippen molar-refractivity contribution >= 4 is 33.3 Å². The molecular weight excluding hydrogens is 268 g/mol. The maximum absolute atomic E-state index is 5.88. The van der Waals surface area contributed by atoms with Gasteiger partial charge in [-0.2, -0.15) is 4.98 Å². The number of nitrogen functional groups attached to an aromatic ring is 1. The molecule has 0 aromatic carbocycles. The van der Waals surface area contributed by atoms with Crippen LogP contribution < -0.4 is 10.6 Å². The molecule has 0 aliphatic heterocycles. The minimum Gasteiger partial charge on any atom is -0.368 e. The van der Waals surface area contributed by atoms with Crippen LogP contribution in [0.1, 0.15) is 38.5 Å². The first-order valence-corrected chi connectivity index (χ1v) is 8.19. The van der Waals surface area contributed by atoms with Crippen molar-refractivity contribution < 1.29 is 0 Å². The Morgan fingerprint density at radius 3 is 2.55 bits per heavy atom. The number of thiophene rings is 1. The smallest absolute Gasteiger partial charge is 0.223 e. The largest absolute Gasteiger partial charge is 0.368 e. The lowest BCUT2D eigenvalue weighted by atomic mass is 10.0. The number of nitrogens with zero attached hydrogens (tertiary/aromatic N) is 3. The maximum atomic E-state index is 5.88. The summed E-state index contributed by atoms with van der Waals surface area (Å²) in [6, 6.07) is 2.17. The molecule has 2 N–H and O–H groups in total. The SMILES string of the molecule is CCC(CC)CN(CC)c1nc(N)nc2sc(C)cc12. The van der Waals surface area contributed by atoms with Gasteiger partial charge in [0.1, 0.15) is 10.6 Å². The third-order valence-corrected chi connectivity index (χ3v) is 4.77. The number of hydrogen-bond donors (Lipinski definition) is 1. The van der Waals surface area contributed by atoms with Crippen molar-refractivity contribution in [2.75, 3.05) is 23.7 Å². The number of nitrogens with two attached hydrogens (primary N) is 1. The van der Waals surface area contributed by atoms with Crippen molar-refractivity contribution in [2.24, 2.45) is 5.92 Å². The van der Waals surface area contributed by atoms with Crippen LogP contribution in [-0.4, -0.2) is 23.1 Å². The lowest BCUT2D eigenvalue weighted by molar-refractivity contribution is 0.485. The van der Waals surface area contributed by atoms with Crippen molar-refractivity contribution in [1.29, 1.82) is 0 Å². The van der Waals surface area contributed by atoms with Gasteiger partial charge in [0.15, 0.2) is 0 Å². The summed E-state index contributed by atoms with van der Waals surface area (Å²) in [4.78, 5) is 13.4. The molecule has 0 amide bonds. The predicted octanol–water partition coefficient (Wildman–Crippen LogP) is 3.84. The first-order valence-electron chi connectivity index (χ1n) is 7.37. The summed E-state index contributed by atoms with van der Waals surface area (Å²) in [7, 11) is 0. The van der Waals surface area contributed by atoms with Crippen LogP contribution in [0, 0.1) is 12.8 Å². The van der Waals surface area contributed by atoms with Crippen molar-refractivity contribution in [3.05, 3.63) is 10.9 Å². The fourth-order valence-electron chi connectivity index (χ4n) is 2.51. The number of hydrogen-bond acceptors (Lipinski definition) is 5. The summed E-state index contributed by atoms with van der Waals surface area (Å²) < 4.78 is 0. The Morgan fingerprint density at radius 1 is 1.25 bits per heavy atom. The molecule has 0 saturated heterocycles. The van der Waals surface area contributed by atoms with E-state index in [9.17, 15) is 0 Å². The summed E-state index contributed by atoms with van der Waals surface area (Å²) in [6.45, 7) is 10.7. The second-order valence-electron chi connectivity index (χ2n) is 5.20. The molecule has 0 bridgehead atoms. The normalized spacial score (nSPS) is 11.4. The van der Waals surface area contributed by atoms with Crippen LogP contribution in [0.3, 0.4) is 0 Å². The maximum Gasteiger partial charge on any atom is 0.223 e. The third kappa shape index (κ3) is 3.03. The molecule has 2 aromatic heterocycles. The van der Waals surface area contributed by atoms with E-state index in [0.29, 0.717) is 11.9 Å². The molecule has 20 heavy (non-hydrogen) atoms. The van der Waals surface area contributed by atoms with Crippen molar-refractivity contribution in [3.63, 3.8) is 0 Å². The summed E-state index contributed by atoms with van der Waals surface area (Å²) in [6.07, 6.45) is 2.39. The van der Waals surface area contributed by atoms with Crippen LogP contribution in [-0.2, 0) is 0 Å². The number of aromatic nitrogens is 2. The fraction of sp³-hybridized carbons (Fsp3) is 0.600. The van der Waals surface area contributed by atoms with E-state index in [2.05, 4.69) is 48.6 Å². The summed E-state index contributed by atoms with van der Waals surface area (Å²) in [5.41, 5.74) is 5.88. The first kappa shape index (κ1) is 15.0. The molecule has 0 aliphatic carbocycles. The van der Waals surface area contributed by atoms with E-state index in [-0.39, 0.29) is 0 Å². The zero-order chi connectivity index (χ0) is 14.7. The Bertz CT molecular complexity index is 575. The van der Waals surface area contributed by atoms with Gasteiger partial charge in [-0.1, -0.05) is 26.7 Å². The van der Waals surface area contributed by atoms with Gasteiger partial charge < -0.3 is 10.6 Å². The molecule has 4 nitrogen and oxygen atoms in total. The second kappa shape index (κ2) is 6.39. The summed E-state index contributed by atoms with van der Waals surface area (Å²) in [5.74, 6) is 2.06. The van der Waals surface area contributed by atoms with Crippen LogP contribution in [0.5, 0.6) is 0 Å². The van der Waals surface area contributed by atoms with Crippen LogP contribution in [0.15, 0.2) is 6.07 Å². The Labute approximate surface area is 125 Å². The van der Waals surface area contributed by atoms with E-state index in [1.54, 1.807) is 11.3 Å². The van der Waals surface area contributed by atoms with Crippen LogP contribution in [0.2, 0.25) is 0 Å². The van der Waals surface area contributed by atoms with Gasteiger partial charge in [0.05, 0.1) is 5.39 Å². The summed E-state index contributed by atoms with van der Waals surface area (Å²) >= 11 is 1.68. The Kier molecular flexibility index (Phi) is 4.81. The van der Waals surface area contributed by atoms with Crippen LogP contribution in [0.25, 0.3) is 10.2 Å². The molecule has 0 fully saturated rings. The number of anilines is 2. The van der Waals surface area contributed by atoms with Gasteiger partial charge in [0, 0.05) is 18.0 Å². The van der Waals surface area contributed by atoms with E-state index in [1.165, 1.54) is 17.7 Å². The molecular formula is C15H24N4S. The van der Waals surface area contributed by atoms with E-state index in [4.69, 9.17) is 5.73 Å². The van der Waals surface area contributed by atoms with Crippen molar-refractivity contribution in [2.45, 2.75) is 40.5 Å². The van der Waals surface area contributed by atoms with Crippen LogP contribution in [0.4, 0.5) is 11.8 Å². The quantitative estimate of drug-likeness (QED) is 0.878. The third-order valence-electron chi connectivity index (χ3n) is 3.83. The molecule has 0 unspecified atom stereocenters. The lowest BCUT2D eigenvalue weighted by Gasteiger charge is -2.27. The molecule has 2 heterocycles. The van der Waals surface area contributed by atoms with E-state index < -0.39 is 0 Å². The molecule has 0 atom stereocenters. The van der Waals surface area contributed by atoms with Crippen molar-refractivity contribution in [1.82, 2.24) is 9.97 Å². The fourth-order valence-corrected chi connectivity index (χ4v) is 3.39.